The van der Waals surface area contributed by atoms with Gasteiger partial charge < -0.3 is 0 Å². The van der Waals surface area contributed by atoms with Gasteiger partial charge in [0.2, 0.25) is 0 Å². The van der Waals surface area contributed by atoms with Crippen molar-refractivity contribution in [3.63, 3.8) is 0 Å². The van der Waals surface area contributed by atoms with E-state index in [4.69, 9.17) is 0 Å². The molecular formula is C15H28N2. The number of piperidine rings is 1. The summed E-state index contributed by atoms with van der Waals surface area (Å²) in [5, 5.41) is 0. The van der Waals surface area contributed by atoms with Crippen molar-refractivity contribution in [1.82, 2.24) is 9.80 Å². The van der Waals surface area contributed by atoms with Crippen LogP contribution in [0.3, 0.4) is 0 Å². The largest absolute Gasteiger partial charge is 0.298 e. The van der Waals surface area contributed by atoms with Gasteiger partial charge >= 0.3 is 0 Å². The first kappa shape index (κ1) is 13.1. The fraction of sp³-hybridized carbons (Fsp3) is 0.867. The summed E-state index contributed by atoms with van der Waals surface area (Å²) in [6, 6.07) is 1.59. The molecule has 0 amide bonds. The van der Waals surface area contributed by atoms with Crippen LogP contribution in [0.4, 0.5) is 0 Å². The molecule has 2 aliphatic rings. The van der Waals surface area contributed by atoms with Gasteiger partial charge in [0.05, 0.1) is 0 Å². The van der Waals surface area contributed by atoms with Crippen molar-refractivity contribution in [2.24, 2.45) is 5.92 Å². The zero-order valence-corrected chi connectivity index (χ0v) is 11.6. The second kappa shape index (κ2) is 6.01. The van der Waals surface area contributed by atoms with Gasteiger partial charge in [-0.25, -0.2) is 0 Å². The Morgan fingerprint density at radius 2 is 2.12 bits per heavy atom. The van der Waals surface area contributed by atoms with Gasteiger partial charge in [-0.2, -0.15) is 0 Å². The highest BCUT2D eigenvalue weighted by molar-refractivity contribution is 4.92. The van der Waals surface area contributed by atoms with Gasteiger partial charge in [-0.05, 0) is 31.7 Å². The normalized spacial score (nSPS) is 31.5. The van der Waals surface area contributed by atoms with E-state index in [-0.39, 0.29) is 0 Å². The van der Waals surface area contributed by atoms with Crippen LogP contribution in [-0.2, 0) is 0 Å². The molecule has 98 valence electrons. The molecule has 0 N–H and O–H groups in total. The zero-order valence-electron chi connectivity index (χ0n) is 11.6. The maximum Gasteiger partial charge on any atom is 0.0247 e. The quantitative estimate of drug-likeness (QED) is 0.693. The molecule has 0 radical (unpaired) electrons. The average molecular weight is 236 g/mol. The molecule has 2 heteroatoms. The van der Waals surface area contributed by atoms with Crippen molar-refractivity contribution in [3.05, 3.63) is 12.7 Å². The van der Waals surface area contributed by atoms with Crippen LogP contribution < -0.4 is 0 Å². The second-order valence-corrected chi connectivity index (χ2v) is 6.03. The molecule has 2 saturated heterocycles. The molecule has 2 aliphatic heterocycles. The lowest BCUT2D eigenvalue weighted by atomic mass is 9.92. The predicted molar refractivity (Wildman–Crippen MR) is 74.2 cm³/mol. The summed E-state index contributed by atoms with van der Waals surface area (Å²) < 4.78 is 0. The van der Waals surface area contributed by atoms with Crippen LogP contribution in [0.2, 0.25) is 0 Å². The molecule has 2 nitrogen and oxygen atoms in total. The third kappa shape index (κ3) is 3.11. The van der Waals surface area contributed by atoms with Crippen LogP contribution in [0.15, 0.2) is 12.7 Å². The van der Waals surface area contributed by atoms with E-state index in [0.717, 1.165) is 24.4 Å². The van der Waals surface area contributed by atoms with E-state index in [2.05, 4.69) is 36.3 Å². The van der Waals surface area contributed by atoms with Crippen LogP contribution in [0, 0.1) is 5.92 Å². The zero-order chi connectivity index (χ0) is 12.3. The number of nitrogens with zero attached hydrogens (tertiary/aromatic N) is 2. The van der Waals surface area contributed by atoms with Gasteiger partial charge in [-0.1, -0.05) is 26.3 Å². The highest BCUT2D eigenvalue weighted by atomic mass is 15.3. The van der Waals surface area contributed by atoms with Crippen LogP contribution in [-0.4, -0.2) is 48.1 Å². The first-order valence-corrected chi connectivity index (χ1v) is 7.31. The molecule has 0 aromatic carbocycles. The highest BCUT2D eigenvalue weighted by Crippen LogP contribution is 2.27. The molecule has 0 saturated carbocycles. The standard InChI is InChI=1S/C15H28N2/c1-4-5-9-17-11-14-8-6-7-10-16(14)12-15(17)13(2)3/h4,13-15H,1,5-12H2,2-3H3. The number of hydrogen-bond acceptors (Lipinski definition) is 2. The molecule has 2 unspecified atom stereocenters. The SMILES string of the molecule is C=CCCN1CC2CCCCN2CC1C(C)C. The fourth-order valence-electron chi connectivity index (χ4n) is 3.42. The van der Waals surface area contributed by atoms with Crippen molar-refractivity contribution in [3.8, 4) is 0 Å². The van der Waals surface area contributed by atoms with Gasteiger partial charge in [-0.3, -0.25) is 9.80 Å². The molecule has 2 rings (SSSR count). The van der Waals surface area contributed by atoms with E-state index in [1.807, 2.05) is 0 Å². The lowest BCUT2D eigenvalue weighted by Crippen LogP contribution is -2.61. The molecule has 0 aromatic rings. The van der Waals surface area contributed by atoms with E-state index < -0.39 is 0 Å². The van der Waals surface area contributed by atoms with E-state index in [0.29, 0.717) is 0 Å². The molecule has 0 bridgehead atoms. The Hall–Kier alpha value is -0.340. The maximum absolute atomic E-state index is 3.86. The van der Waals surface area contributed by atoms with Crippen LogP contribution in [0.5, 0.6) is 0 Å². The van der Waals surface area contributed by atoms with Crippen molar-refractivity contribution in [1.29, 1.82) is 0 Å². The maximum atomic E-state index is 3.86. The molecule has 17 heavy (non-hydrogen) atoms. The van der Waals surface area contributed by atoms with E-state index in [9.17, 15) is 0 Å². The Morgan fingerprint density at radius 3 is 2.82 bits per heavy atom. The number of hydrogen-bond donors (Lipinski definition) is 0. The number of rotatable bonds is 4. The summed E-state index contributed by atoms with van der Waals surface area (Å²) in [4.78, 5) is 5.47. The smallest absolute Gasteiger partial charge is 0.0247 e. The van der Waals surface area contributed by atoms with Gasteiger partial charge in [0.15, 0.2) is 0 Å². The summed E-state index contributed by atoms with van der Waals surface area (Å²) in [7, 11) is 0. The van der Waals surface area contributed by atoms with Crippen molar-refractivity contribution in [2.75, 3.05) is 26.2 Å². The number of fused-ring (bicyclic) bond motifs is 1. The average Bonchev–Trinajstić information content (AvgIpc) is 2.35. The second-order valence-electron chi connectivity index (χ2n) is 6.03. The van der Waals surface area contributed by atoms with Crippen molar-refractivity contribution >= 4 is 0 Å². The predicted octanol–water partition coefficient (Wildman–Crippen LogP) is 2.76. The monoisotopic (exact) mass is 236 g/mol. The molecule has 0 aromatic heterocycles. The minimum atomic E-state index is 0.754. The molecule has 2 atom stereocenters. The third-order valence-corrected chi connectivity index (χ3v) is 4.47. The Labute approximate surface area is 107 Å². The summed E-state index contributed by atoms with van der Waals surface area (Å²) in [6.07, 6.45) is 7.45. The molecular weight excluding hydrogens is 208 g/mol. The Morgan fingerprint density at radius 1 is 1.29 bits per heavy atom. The van der Waals surface area contributed by atoms with E-state index in [1.165, 1.54) is 45.4 Å². The third-order valence-electron chi connectivity index (χ3n) is 4.47. The van der Waals surface area contributed by atoms with Crippen LogP contribution in [0.1, 0.15) is 39.5 Å². The van der Waals surface area contributed by atoms with Gasteiger partial charge in [0.25, 0.3) is 0 Å². The number of piperazine rings is 1. The van der Waals surface area contributed by atoms with E-state index in [1.54, 1.807) is 0 Å². The van der Waals surface area contributed by atoms with Crippen molar-refractivity contribution < 1.29 is 0 Å². The summed E-state index contributed by atoms with van der Waals surface area (Å²) in [5.41, 5.74) is 0. The Kier molecular flexibility index (Phi) is 4.63. The minimum Gasteiger partial charge on any atom is -0.298 e. The Balaban J connectivity index is 1.99. The fourth-order valence-corrected chi connectivity index (χ4v) is 3.42. The minimum absolute atomic E-state index is 0.754. The van der Waals surface area contributed by atoms with Crippen LogP contribution in [0.25, 0.3) is 0 Å². The van der Waals surface area contributed by atoms with Gasteiger partial charge in [0, 0.05) is 31.7 Å². The van der Waals surface area contributed by atoms with Gasteiger partial charge in [-0.15, -0.1) is 6.58 Å². The molecule has 0 spiro atoms. The van der Waals surface area contributed by atoms with Gasteiger partial charge in [0.1, 0.15) is 0 Å². The van der Waals surface area contributed by atoms with Crippen molar-refractivity contribution in [2.45, 2.75) is 51.6 Å². The Bertz CT molecular complexity index is 249. The summed E-state index contributed by atoms with van der Waals surface area (Å²) in [5.74, 6) is 0.766. The molecule has 2 heterocycles. The first-order chi connectivity index (χ1) is 8.22. The lowest BCUT2D eigenvalue weighted by molar-refractivity contribution is -0.00642. The first-order valence-electron chi connectivity index (χ1n) is 7.31. The summed E-state index contributed by atoms with van der Waals surface area (Å²) >= 11 is 0. The summed E-state index contributed by atoms with van der Waals surface area (Å²) in [6.45, 7) is 13.7. The molecule has 0 aliphatic carbocycles. The highest BCUT2D eigenvalue weighted by Gasteiger charge is 2.35. The molecule has 2 fully saturated rings. The van der Waals surface area contributed by atoms with Crippen LogP contribution >= 0.6 is 0 Å². The van der Waals surface area contributed by atoms with E-state index >= 15 is 0 Å². The lowest BCUT2D eigenvalue weighted by Gasteiger charge is -2.49. The topological polar surface area (TPSA) is 6.48 Å².